The third kappa shape index (κ3) is 4.49. The minimum Gasteiger partial charge on any atom is -0.490 e. The topological polar surface area (TPSA) is 55.8 Å². The lowest BCUT2D eigenvalue weighted by Gasteiger charge is -2.11. The fraction of sp³-hybridized carbons (Fsp3) is 0.357. The minimum absolute atomic E-state index is 0.536. The fourth-order valence-corrected chi connectivity index (χ4v) is 1.40. The molecule has 0 bridgehead atoms. The van der Waals surface area contributed by atoms with E-state index in [0.29, 0.717) is 24.7 Å². The van der Waals surface area contributed by atoms with Crippen molar-refractivity contribution in [2.75, 3.05) is 13.2 Å². The summed E-state index contributed by atoms with van der Waals surface area (Å²) in [5, 5.41) is 8.58. The molecule has 1 rings (SSSR count). The van der Waals surface area contributed by atoms with Gasteiger partial charge in [-0.15, -0.1) is 0 Å². The average Bonchev–Trinajstić information content (AvgIpc) is 2.35. The van der Waals surface area contributed by atoms with Crippen LogP contribution in [0.5, 0.6) is 11.5 Å². The molecule has 0 saturated carbocycles. The zero-order valence-corrected chi connectivity index (χ0v) is 10.7. The van der Waals surface area contributed by atoms with Gasteiger partial charge in [-0.25, -0.2) is 4.79 Å². The molecule has 1 aromatic carbocycles. The molecule has 0 fully saturated rings. The second-order valence-electron chi connectivity index (χ2n) is 3.66. The molecule has 0 aliphatic heterocycles. The van der Waals surface area contributed by atoms with Crippen molar-refractivity contribution in [2.24, 2.45) is 0 Å². The summed E-state index contributed by atoms with van der Waals surface area (Å²) in [5.74, 6) is 0.351. The summed E-state index contributed by atoms with van der Waals surface area (Å²) in [5.41, 5.74) is 0.768. The van der Waals surface area contributed by atoms with Gasteiger partial charge in [-0.1, -0.05) is 13.0 Å². The summed E-state index contributed by atoms with van der Waals surface area (Å²) >= 11 is 0. The van der Waals surface area contributed by atoms with Crippen LogP contribution in [0, 0.1) is 0 Å². The molecule has 0 saturated heterocycles. The maximum atomic E-state index is 10.4. The van der Waals surface area contributed by atoms with Crippen LogP contribution in [-0.4, -0.2) is 24.3 Å². The van der Waals surface area contributed by atoms with Gasteiger partial charge in [0.15, 0.2) is 11.5 Å². The number of carboxylic acids is 1. The van der Waals surface area contributed by atoms with E-state index in [9.17, 15) is 4.79 Å². The number of hydrogen-bond donors (Lipinski definition) is 1. The molecule has 18 heavy (non-hydrogen) atoms. The fourth-order valence-electron chi connectivity index (χ4n) is 1.40. The molecule has 1 aromatic rings. The third-order valence-electron chi connectivity index (χ3n) is 2.15. The van der Waals surface area contributed by atoms with Crippen LogP contribution < -0.4 is 9.47 Å². The van der Waals surface area contributed by atoms with Crippen molar-refractivity contribution < 1.29 is 19.4 Å². The van der Waals surface area contributed by atoms with E-state index in [1.165, 1.54) is 6.08 Å². The lowest BCUT2D eigenvalue weighted by molar-refractivity contribution is -0.131. The first-order chi connectivity index (χ1) is 8.67. The number of hydrogen-bond acceptors (Lipinski definition) is 3. The van der Waals surface area contributed by atoms with Gasteiger partial charge in [0.05, 0.1) is 13.2 Å². The van der Waals surface area contributed by atoms with Crippen molar-refractivity contribution in [3.8, 4) is 11.5 Å². The summed E-state index contributed by atoms with van der Waals surface area (Å²) in [6, 6.07) is 5.36. The standard InChI is InChI=1S/C14H18O4/c1-3-9-18-12-7-5-11(6-8-14(15)16)10-13(12)17-4-2/h5-8,10H,3-4,9H2,1-2H3,(H,15,16). The molecule has 0 aliphatic rings. The van der Waals surface area contributed by atoms with Gasteiger partial charge in [-0.3, -0.25) is 0 Å². The van der Waals surface area contributed by atoms with Crippen molar-refractivity contribution in [1.82, 2.24) is 0 Å². The van der Waals surface area contributed by atoms with E-state index in [4.69, 9.17) is 14.6 Å². The Hall–Kier alpha value is -1.97. The highest BCUT2D eigenvalue weighted by molar-refractivity contribution is 5.85. The molecule has 0 spiro atoms. The van der Waals surface area contributed by atoms with Crippen molar-refractivity contribution >= 4 is 12.0 Å². The van der Waals surface area contributed by atoms with E-state index in [-0.39, 0.29) is 0 Å². The summed E-state index contributed by atoms with van der Waals surface area (Å²) in [4.78, 5) is 10.4. The number of carboxylic acid groups (broad SMARTS) is 1. The smallest absolute Gasteiger partial charge is 0.328 e. The Balaban J connectivity index is 2.91. The van der Waals surface area contributed by atoms with Gasteiger partial charge >= 0.3 is 5.97 Å². The average molecular weight is 250 g/mol. The molecule has 98 valence electrons. The monoisotopic (exact) mass is 250 g/mol. The first-order valence-electron chi connectivity index (χ1n) is 5.98. The Kier molecular flexibility index (Phi) is 5.77. The zero-order valence-electron chi connectivity index (χ0n) is 10.7. The molecule has 0 unspecified atom stereocenters. The van der Waals surface area contributed by atoms with Crippen molar-refractivity contribution in [1.29, 1.82) is 0 Å². The largest absolute Gasteiger partial charge is 0.490 e. The molecular weight excluding hydrogens is 232 g/mol. The van der Waals surface area contributed by atoms with Gasteiger partial charge in [-0.2, -0.15) is 0 Å². The highest BCUT2D eigenvalue weighted by Crippen LogP contribution is 2.29. The SMILES string of the molecule is CCCOc1ccc(C=CC(=O)O)cc1OCC. The van der Waals surface area contributed by atoms with Crippen LogP contribution in [0.1, 0.15) is 25.8 Å². The molecule has 0 amide bonds. The predicted molar refractivity (Wildman–Crippen MR) is 70.1 cm³/mol. The van der Waals surface area contributed by atoms with Crippen LogP contribution in [0.2, 0.25) is 0 Å². The van der Waals surface area contributed by atoms with Crippen molar-refractivity contribution in [3.63, 3.8) is 0 Å². The molecule has 0 aliphatic carbocycles. The van der Waals surface area contributed by atoms with E-state index in [1.54, 1.807) is 18.2 Å². The summed E-state index contributed by atoms with van der Waals surface area (Å²) < 4.78 is 11.0. The molecular formula is C14H18O4. The summed E-state index contributed by atoms with van der Waals surface area (Å²) in [6.07, 6.45) is 3.54. The van der Waals surface area contributed by atoms with Crippen molar-refractivity contribution in [3.05, 3.63) is 29.8 Å². The Bertz CT molecular complexity index is 424. The molecule has 1 N–H and O–H groups in total. The van der Waals surface area contributed by atoms with E-state index < -0.39 is 5.97 Å². The first-order valence-corrected chi connectivity index (χ1v) is 5.98. The third-order valence-corrected chi connectivity index (χ3v) is 2.15. The minimum atomic E-state index is -0.973. The maximum Gasteiger partial charge on any atom is 0.328 e. The zero-order chi connectivity index (χ0) is 13.4. The number of aliphatic carboxylic acids is 1. The lowest BCUT2D eigenvalue weighted by Crippen LogP contribution is -2.00. The van der Waals surface area contributed by atoms with Gasteiger partial charge in [0.1, 0.15) is 0 Å². The van der Waals surface area contributed by atoms with Crippen LogP contribution in [0.15, 0.2) is 24.3 Å². The highest BCUT2D eigenvalue weighted by atomic mass is 16.5. The number of benzene rings is 1. The molecule has 4 heteroatoms. The molecule has 4 nitrogen and oxygen atoms in total. The molecule has 0 aromatic heterocycles. The van der Waals surface area contributed by atoms with Crippen LogP contribution >= 0.6 is 0 Å². The quantitative estimate of drug-likeness (QED) is 0.756. The van der Waals surface area contributed by atoms with Gasteiger partial charge < -0.3 is 14.6 Å². The Morgan fingerprint density at radius 3 is 2.67 bits per heavy atom. The molecule has 0 heterocycles. The van der Waals surface area contributed by atoms with Crippen LogP contribution in [-0.2, 0) is 4.79 Å². The van der Waals surface area contributed by atoms with Gasteiger partial charge in [-0.05, 0) is 37.1 Å². The second-order valence-corrected chi connectivity index (χ2v) is 3.66. The Morgan fingerprint density at radius 1 is 1.28 bits per heavy atom. The number of rotatable bonds is 7. The number of carbonyl (C=O) groups is 1. The maximum absolute atomic E-state index is 10.4. The predicted octanol–water partition coefficient (Wildman–Crippen LogP) is 2.97. The van der Waals surface area contributed by atoms with Crippen LogP contribution in [0.25, 0.3) is 6.08 Å². The van der Waals surface area contributed by atoms with Gasteiger partial charge in [0.2, 0.25) is 0 Å². The normalized spacial score (nSPS) is 10.6. The van der Waals surface area contributed by atoms with Crippen molar-refractivity contribution in [2.45, 2.75) is 20.3 Å². The van der Waals surface area contributed by atoms with E-state index in [0.717, 1.165) is 18.1 Å². The molecule has 0 atom stereocenters. The lowest BCUT2D eigenvalue weighted by atomic mass is 10.2. The highest BCUT2D eigenvalue weighted by Gasteiger charge is 2.05. The van der Waals surface area contributed by atoms with Gasteiger partial charge in [0, 0.05) is 6.08 Å². The van der Waals surface area contributed by atoms with Crippen LogP contribution in [0.4, 0.5) is 0 Å². The van der Waals surface area contributed by atoms with E-state index >= 15 is 0 Å². The summed E-state index contributed by atoms with van der Waals surface area (Å²) in [7, 11) is 0. The second kappa shape index (κ2) is 7.37. The van der Waals surface area contributed by atoms with Crippen LogP contribution in [0.3, 0.4) is 0 Å². The van der Waals surface area contributed by atoms with E-state index in [1.807, 2.05) is 13.8 Å². The summed E-state index contributed by atoms with van der Waals surface area (Å²) in [6.45, 7) is 5.09. The Labute approximate surface area is 107 Å². The number of ether oxygens (including phenoxy) is 2. The van der Waals surface area contributed by atoms with Gasteiger partial charge in [0.25, 0.3) is 0 Å². The molecule has 0 radical (unpaired) electrons. The Morgan fingerprint density at radius 2 is 2.06 bits per heavy atom. The van der Waals surface area contributed by atoms with E-state index in [2.05, 4.69) is 0 Å². The first kappa shape index (κ1) is 14.1.